The first-order valence-corrected chi connectivity index (χ1v) is 10.6. The van der Waals surface area contributed by atoms with Crippen LogP contribution in [0, 0.1) is 6.92 Å². The first-order chi connectivity index (χ1) is 14.0. The van der Waals surface area contributed by atoms with Crippen LogP contribution in [0.15, 0.2) is 60.0 Å². The zero-order chi connectivity index (χ0) is 20.8. The van der Waals surface area contributed by atoms with E-state index in [1.54, 1.807) is 11.0 Å². The molecule has 0 atom stereocenters. The van der Waals surface area contributed by atoms with Crippen molar-refractivity contribution >= 4 is 40.3 Å². The molecular weight excluding hydrogens is 402 g/mol. The van der Waals surface area contributed by atoms with Gasteiger partial charge in [0.15, 0.2) is 11.5 Å². The number of carbonyl (C=O) groups is 1. The van der Waals surface area contributed by atoms with Gasteiger partial charge in [-0.05, 0) is 48.7 Å². The molecule has 1 saturated heterocycles. The van der Waals surface area contributed by atoms with Gasteiger partial charge in [-0.25, -0.2) is 0 Å². The number of aryl methyl sites for hydroxylation is 1. The number of rotatable bonds is 8. The molecule has 150 valence electrons. The summed E-state index contributed by atoms with van der Waals surface area (Å²) in [6, 6.07) is 13.8. The van der Waals surface area contributed by atoms with Crippen molar-refractivity contribution in [1.29, 1.82) is 0 Å². The summed E-state index contributed by atoms with van der Waals surface area (Å²) in [7, 11) is 0. The Kier molecular flexibility index (Phi) is 7.12. The summed E-state index contributed by atoms with van der Waals surface area (Å²) < 4.78 is 12.3. The average Bonchev–Trinajstić information content (AvgIpc) is 2.96. The fraction of sp³-hybridized carbons (Fsp3) is 0.217. The molecule has 0 radical (unpaired) electrons. The van der Waals surface area contributed by atoms with Gasteiger partial charge < -0.3 is 9.47 Å². The van der Waals surface area contributed by atoms with Gasteiger partial charge >= 0.3 is 0 Å². The van der Waals surface area contributed by atoms with Crippen molar-refractivity contribution in [2.75, 3.05) is 13.2 Å². The normalized spacial score (nSPS) is 15.1. The van der Waals surface area contributed by atoms with Gasteiger partial charge in [0.1, 0.15) is 10.9 Å². The number of hydrogen-bond acceptors (Lipinski definition) is 5. The Balaban J connectivity index is 1.81. The number of hydrogen-bond donors (Lipinski definition) is 0. The molecule has 0 saturated carbocycles. The highest BCUT2D eigenvalue weighted by atomic mass is 32.2. The minimum Gasteiger partial charge on any atom is -0.490 e. The molecule has 6 heteroatoms. The zero-order valence-corrected chi connectivity index (χ0v) is 18.1. The standard InChI is InChI=1S/C23H23NO3S2/c1-4-12-24-22(25)21(29-23(24)28)14-17-10-11-19(20(13-17)26-5-2)27-15-18-9-7-6-8-16(18)3/h4,6-11,13-14H,1,5,12,15H2,2-3H3/b21-14+. The van der Waals surface area contributed by atoms with Crippen LogP contribution in [0.25, 0.3) is 6.08 Å². The van der Waals surface area contributed by atoms with E-state index in [2.05, 4.69) is 25.6 Å². The minimum absolute atomic E-state index is 0.0993. The van der Waals surface area contributed by atoms with Crippen LogP contribution < -0.4 is 9.47 Å². The van der Waals surface area contributed by atoms with Crippen LogP contribution >= 0.6 is 24.0 Å². The fourth-order valence-corrected chi connectivity index (χ4v) is 4.14. The van der Waals surface area contributed by atoms with Gasteiger partial charge in [-0.2, -0.15) is 0 Å². The van der Waals surface area contributed by atoms with Gasteiger partial charge in [-0.1, -0.05) is 60.4 Å². The lowest BCUT2D eigenvalue weighted by Crippen LogP contribution is -2.27. The van der Waals surface area contributed by atoms with Gasteiger partial charge in [0.25, 0.3) is 5.91 Å². The molecule has 0 aromatic heterocycles. The lowest BCUT2D eigenvalue weighted by Gasteiger charge is -2.14. The number of thiocarbonyl (C=S) groups is 1. The number of carbonyl (C=O) groups excluding carboxylic acids is 1. The van der Waals surface area contributed by atoms with Crippen LogP contribution in [0.5, 0.6) is 11.5 Å². The molecule has 0 aliphatic carbocycles. The minimum atomic E-state index is -0.0993. The maximum absolute atomic E-state index is 12.5. The third kappa shape index (κ3) is 5.08. The molecule has 1 aliphatic rings. The predicted octanol–water partition coefficient (Wildman–Crippen LogP) is 5.36. The lowest BCUT2D eigenvalue weighted by molar-refractivity contribution is -0.121. The van der Waals surface area contributed by atoms with Crippen molar-refractivity contribution in [1.82, 2.24) is 4.90 Å². The van der Waals surface area contributed by atoms with Crippen LogP contribution in [-0.4, -0.2) is 28.3 Å². The van der Waals surface area contributed by atoms with Crippen molar-refractivity contribution in [2.24, 2.45) is 0 Å². The summed E-state index contributed by atoms with van der Waals surface area (Å²) in [4.78, 5) is 14.7. The van der Waals surface area contributed by atoms with Crippen molar-refractivity contribution in [3.63, 3.8) is 0 Å². The van der Waals surface area contributed by atoms with Gasteiger partial charge in [0.05, 0.1) is 11.5 Å². The van der Waals surface area contributed by atoms with E-state index in [1.165, 1.54) is 17.3 Å². The second kappa shape index (κ2) is 9.76. The predicted molar refractivity (Wildman–Crippen MR) is 123 cm³/mol. The molecule has 3 rings (SSSR count). The third-order valence-electron chi connectivity index (χ3n) is 4.40. The molecule has 0 unspecified atom stereocenters. The van der Waals surface area contributed by atoms with Crippen LogP contribution in [0.3, 0.4) is 0 Å². The van der Waals surface area contributed by atoms with Gasteiger partial charge in [0.2, 0.25) is 0 Å². The first-order valence-electron chi connectivity index (χ1n) is 9.34. The number of nitrogens with zero attached hydrogens (tertiary/aromatic N) is 1. The van der Waals surface area contributed by atoms with Gasteiger partial charge in [0, 0.05) is 6.54 Å². The molecule has 4 nitrogen and oxygen atoms in total. The number of thioether (sulfide) groups is 1. The van der Waals surface area contributed by atoms with E-state index in [1.807, 2.05) is 43.3 Å². The molecule has 2 aromatic carbocycles. The summed E-state index contributed by atoms with van der Waals surface area (Å²) in [5.74, 6) is 1.22. The Hall–Kier alpha value is -2.57. The molecule has 1 amide bonds. The SMILES string of the molecule is C=CCN1C(=O)/C(=C\c2ccc(OCc3ccccc3C)c(OCC)c2)SC1=S. The summed E-state index contributed by atoms with van der Waals surface area (Å²) in [5.41, 5.74) is 3.17. The Morgan fingerprint density at radius 1 is 1.17 bits per heavy atom. The third-order valence-corrected chi connectivity index (χ3v) is 5.77. The fourth-order valence-electron chi connectivity index (χ4n) is 2.87. The quantitative estimate of drug-likeness (QED) is 0.323. The smallest absolute Gasteiger partial charge is 0.266 e. The van der Waals surface area contributed by atoms with Crippen LogP contribution in [0.1, 0.15) is 23.6 Å². The molecule has 0 N–H and O–H groups in total. The molecule has 0 spiro atoms. The van der Waals surface area contributed by atoms with Crippen LogP contribution in [0.4, 0.5) is 0 Å². The van der Waals surface area contributed by atoms with Crippen molar-refractivity contribution in [3.05, 3.63) is 76.7 Å². The molecule has 1 fully saturated rings. The summed E-state index contributed by atoms with van der Waals surface area (Å²) in [6.07, 6.45) is 3.50. The van der Waals surface area contributed by atoms with Crippen molar-refractivity contribution in [3.8, 4) is 11.5 Å². The molecule has 1 aliphatic heterocycles. The number of benzene rings is 2. The number of amides is 1. The topological polar surface area (TPSA) is 38.8 Å². The van der Waals surface area contributed by atoms with Gasteiger partial charge in [-0.3, -0.25) is 9.69 Å². The second-order valence-electron chi connectivity index (χ2n) is 6.44. The van der Waals surface area contributed by atoms with E-state index in [0.717, 1.165) is 11.1 Å². The van der Waals surface area contributed by atoms with E-state index in [-0.39, 0.29) is 5.91 Å². The average molecular weight is 426 g/mol. The molecule has 29 heavy (non-hydrogen) atoms. The van der Waals surface area contributed by atoms with Crippen LogP contribution in [-0.2, 0) is 11.4 Å². The molecule has 2 aromatic rings. The van der Waals surface area contributed by atoms with Gasteiger partial charge in [-0.15, -0.1) is 6.58 Å². The van der Waals surface area contributed by atoms with E-state index in [0.29, 0.717) is 40.5 Å². The Morgan fingerprint density at radius 2 is 1.97 bits per heavy atom. The lowest BCUT2D eigenvalue weighted by atomic mass is 10.1. The molecule has 0 bridgehead atoms. The monoisotopic (exact) mass is 425 g/mol. The van der Waals surface area contributed by atoms with E-state index >= 15 is 0 Å². The maximum Gasteiger partial charge on any atom is 0.266 e. The largest absolute Gasteiger partial charge is 0.490 e. The zero-order valence-electron chi connectivity index (χ0n) is 16.5. The van der Waals surface area contributed by atoms with E-state index < -0.39 is 0 Å². The Morgan fingerprint density at radius 3 is 2.69 bits per heavy atom. The number of ether oxygens (including phenoxy) is 2. The first kappa shape index (κ1) is 21.1. The van der Waals surface area contributed by atoms with E-state index in [9.17, 15) is 4.79 Å². The van der Waals surface area contributed by atoms with Crippen molar-refractivity contribution < 1.29 is 14.3 Å². The highest BCUT2D eigenvalue weighted by molar-refractivity contribution is 8.26. The highest BCUT2D eigenvalue weighted by Crippen LogP contribution is 2.35. The maximum atomic E-state index is 12.5. The summed E-state index contributed by atoms with van der Waals surface area (Å²) >= 11 is 6.59. The molecule has 1 heterocycles. The summed E-state index contributed by atoms with van der Waals surface area (Å²) in [6.45, 7) is 9.07. The highest BCUT2D eigenvalue weighted by Gasteiger charge is 2.31. The molecular formula is C23H23NO3S2. The van der Waals surface area contributed by atoms with E-state index in [4.69, 9.17) is 21.7 Å². The summed E-state index contributed by atoms with van der Waals surface area (Å²) in [5, 5.41) is 0. The van der Waals surface area contributed by atoms with Crippen molar-refractivity contribution in [2.45, 2.75) is 20.5 Å². The second-order valence-corrected chi connectivity index (χ2v) is 8.11. The van der Waals surface area contributed by atoms with Crippen LogP contribution in [0.2, 0.25) is 0 Å². The Bertz CT molecular complexity index is 968. The Labute approximate surface area is 181 Å².